The zero-order valence-corrected chi connectivity index (χ0v) is 10.5. The highest BCUT2D eigenvalue weighted by Gasteiger charge is 2.32. The summed E-state index contributed by atoms with van der Waals surface area (Å²) in [6, 6.07) is 0.517. The predicted molar refractivity (Wildman–Crippen MR) is 64.5 cm³/mol. The number of aliphatic hydroxyl groups is 1. The van der Waals surface area contributed by atoms with E-state index in [2.05, 4.69) is 19.2 Å². The Labute approximate surface area is 98.6 Å². The predicted octanol–water partition coefficient (Wildman–Crippen LogP) is 1.84. The molecule has 3 nitrogen and oxygen atoms in total. The number of hydrogen-bond donors (Lipinski definition) is 2. The molecule has 0 amide bonds. The second kappa shape index (κ2) is 5.03. The van der Waals surface area contributed by atoms with Crippen LogP contribution in [0.1, 0.15) is 52.4 Å². The molecular weight excluding hydrogens is 202 g/mol. The Morgan fingerprint density at radius 3 is 2.31 bits per heavy atom. The van der Waals surface area contributed by atoms with Gasteiger partial charge in [-0.05, 0) is 39.5 Å². The molecule has 1 saturated carbocycles. The maximum absolute atomic E-state index is 10.3. The van der Waals surface area contributed by atoms with Crippen molar-refractivity contribution in [2.45, 2.75) is 76.2 Å². The van der Waals surface area contributed by atoms with Gasteiger partial charge in [-0.25, -0.2) is 0 Å². The van der Waals surface area contributed by atoms with Gasteiger partial charge in [-0.15, -0.1) is 0 Å². The van der Waals surface area contributed by atoms with Crippen molar-refractivity contribution >= 4 is 0 Å². The minimum absolute atomic E-state index is 0.347. The number of nitrogens with one attached hydrogen (secondary N) is 1. The first-order chi connectivity index (χ1) is 7.57. The molecule has 1 heterocycles. The average Bonchev–Trinajstić information content (AvgIpc) is 2.62. The van der Waals surface area contributed by atoms with Crippen molar-refractivity contribution < 1.29 is 9.84 Å². The summed E-state index contributed by atoms with van der Waals surface area (Å²) in [5, 5.41) is 13.8. The van der Waals surface area contributed by atoms with Crippen molar-refractivity contribution in [2.75, 3.05) is 6.54 Å². The molecule has 1 saturated heterocycles. The van der Waals surface area contributed by atoms with E-state index >= 15 is 0 Å². The van der Waals surface area contributed by atoms with Crippen LogP contribution in [0.5, 0.6) is 0 Å². The van der Waals surface area contributed by atoms with Crippen LogP contribution in [0.15, 0.2) is 0 Å². The van der Waals surface area contributed by atoms with E-state index < -0.39 is 5.60 Å². The van der Waals surface area contributed by atoms with Gasteiger partial charge in [0.2, 0.25) is 0 Å². The summed E-state index contributed by atoms with van der Waals surface area (Å²) in [6.07, 6.45) is 7.13. The molecular formula is C13H25NO2. The lowest BCUT2D eigenvalue weighted by Gasteiger charge is -2.34. The van der Waals surface area contributed by atoms with E-state index in [1.807, 2.05) is 0 Å². The van der Waals surface area contributed by atoms with Crippen LogP contribution in [0.3, 0.4) is 0 Å². The summed E-state index contributed by atoms with van der Waals surface area (Å²) in [7, 11) is 0. The highest BCUT2D eigenvalue weighted by atomic mass is 16.5. The van der Waals surface area contributed by atoms with E-state index in [-0.39, 0.29) is 0 Å². The molecule has 0 bridgehead atoms. The lowest BCUT2D eigenvalue weighted by atomic mass is 9.97. The number of hydrogen-bond acceptors (Lipinski definition) is 3. The maximum Gasteiger partial charge on any atom is 0.0771 e. The Morgan fingerprint density at radius 2 is 1.75 bits per heavy atom. The van der Waals surface area contributed by atoms with E-state index in [0.717, 1.165) is 32.2 Å². The smallest absolute Gasteiger partial charge is 0.0771 e. The maximum atomic E-state index is 10.3. The molecule has 2 rings (SSSR count). The topological polar surface area (TPSA) is 41.5 Å². The average molecular weight is 227 g/mol. The van der Waals surface area contributed by atoms with E-state index in [4.69, 9.17) is 4.74 Å². The normalized spacial score (nSPS) is 38.8. The fourth-order valence-electron chi connectivity index (χ4n) is 3.12. The summed E-state index contributed by atoms with van der Waals surface area (Å²) in [5.74, 6) is 0. The zero-order chi connectivity index (χ0) is 11.6. The fourth-order valence-corrected chi connectivity index (χ4v) is 3.12. The summed E-state index contributed by atoms with van der Waals surface area (Å²) >= 11 is 0. The first-order valence-electron chi connectivity index (χ1n) is 6.69. The fraction of sp³-hybridized carbons (Fsp3) is 1.00. The molecule has 94 valence electrons. The van der Waals surface area contributed by atoms with Gasteiger partial charge < -0.3 is 15.2 Å². The Hall–Kier alpha value is -0.120. The summed E-state index contributed by atoms with van der Waals surface area (Å²) in [5.41, 5.74) is -0.426. The van der Waals surface area contributed by atoms with Crippen LogP contribution < -0.4 is 5.32 Å². The Morgan fingerprint density at radius 1 is 1.19 bits per heavy atom. The van der Waals surface area contributed by atoms with Crippen LogP contribution >= 0.6 is 0 Å². The molecule has 0 aromatic heterocycles. The summed E-state index contributed by atoms with van der Waals surface area (Å²) in [4.78, 5) is 0. The molecule has 1 aliphatic carbocycles. The quantitative estimate of drug-likeness (QED) is 0.773. The molecule has 2 N–H and O–H groups in total. The van der Waals surface area contributed by atoms with Crippen molar-refractivity contribution in [1.82, 2.24) is 5.32 Å². The molecule has 0 radical (unpaired) electrons. The first-order valence-corrected chi connectivity index (χ1v) is 6.69. The standard InChI is InChI=1S/C13H25NO2/c1-10-7-12(8-11(2)16-10)14-9-13(15)5-3-4-6-13/h10-12,14-15H,3-9H2,1-2H3. The zero-order valence-electron chi connectivity index (χ0n) is 10.5. The van der Waals surface area contributed by atoms with Crippen molar-refractivity contribution in [3.05, 3.63) is 0 Å². The lowest BCUT2D eigenvalue weighted by molar-refractivity contribution is -0.0465. The Kier molecular flexibility index (Phi) is 3.88. The number of ether oxygens (including phenoxy) is 1. The van der Waals surface area contributed by atoms with Crippen molar-refractivity contribution in [1.29, 1.82) is 0 Å². The minimum atomic E-state index is -0.426. The molecule has 3 heteroatoms. The van der Waals surface area contributed by atoms with Gasteiger partial charge >= 0.3 is 0 Å². The minimum Gasteiger partial charge on any atom is -0.389 e. The second-order valence-corrected chi connectivity index (χ2v) is 5.74. The molecule has 16 heavy (non-hydrogen) atoms. The van der Waals surface area contributed by atoms with Crippen molar-refractivity contribution in [2.24, 2.45) is 0 Å². The van der Waals surface area contributed by atoms with Gasteiger partial charge in [-0.1, -0.05) is 12.8 Å². The summed E-state index contributed by atoms with van der Waals surface area (Å²) < 4.78 is 5.71. The van der Waals surface area contributed by atoms with E-state index in [0.29, 0.717) is 18.2 Å². The van der Waals surface area contributed by atoms with E-state index in [1.165, 1.54) is 12.8 Å². The van der Waals surface area contributed by atoms with Gasteiger partial charge in [-0.2, -0.15) is 0 Å². The van der Waals surface area contributed by atoms with Crippen molar-refractivity contribution in [3.8, 4) is 0 Å². The third-order valence-electron chi connectivity index (χ3n) is 3.95. The molecule has 1 aliphatic heterocycles. The van der Waals surface area contributed by atoms with Crippen LogP contribution in [0.25, 0.3) is 0 Å². The monoisotopic (exact) mass is 227 g/mol. The van der Waals surface area contributed by atoms with Crippen LogP contribution in [0, 0.1) is 0 Å². The largest absolute Gasteiger partial charge is 0.389 e. The Balaban J connectivity index is 1.76. The van der Waals surface area contributed by atoms with Gasteiger partial charge in [-0.3, -0.25) is 0 Å². The first kappa shape index (κ1) is 12.3. The van der Waals surface area contributed by atoms with Gasteiger partial charge in [0.05, 0.1) is 17.8 Å². The highest BCUT2D eigenvalue weighted by molar-refractivity contribution is 4.89. The summed E-state index contributed by atoms with van der Waals surface area (Å²) in [6.45, 7) is 5.03. The molecule has 0 spiro atoms. The van der Waals surface area contributed by atoms with Crippen LogP contribution in [-0.4, -0.2) is 35.5 Å². The third kappa shape index (κ3) is 3.19. The van der Waals surface area contributed by atoms with Crippen molar-refractivity contribution in [3.63, 3.8) is 0 Å². The highest BCUT2D eigenvalue weighted by Crippen LogP contribution is 2.29. The lowest BCUT2D eigenvalue weighted by Crippen LogP contribution is -2.47. The van der Waals surface area contributed by atoms with Gasteiger partial charge in [0.1, 0.15) is 0 Å². The van der Waals surface area contributed by atoms with E-state index in [1.54, 1.807) is 0 Å². The Bertz CT molecular complexity index is 216. The molecule has 0 aromatic carbocycles. The van der Waals surface area contributed by atoms with E-state index in [9.17, 15) is 5.11 Å². The van der Waals surface area contributed by atoms with Gasteiger partial charge in [0.15, 0.2) is 0 Å². The van der Waals surface area contributed by atoms with Crippen LogP contribution in [0.4, 0.5) is 0 Å². The molecule has 2 aliphatic rings. The third-order valence-corrected chi connectivity index (χ3v) is 3.95. The molecule has 2 unspecified atom stereocenters. The van der Waals surface area contributed by atoms with Gasteiger partial charge in [0, 0.05) is 12.6 Å². The van der Waals surface area contributed by atoms with Gasteiger partial charge in [0.25, 0.3) is 0 Å². The molecule has 2 atom stereocenters. The molecule has 0 aromatic rings. The second-order valence-electron chi connectivity index (χ2n) is 5.74. The SMILES string of the molecule is CC1CC(NCC2(O)CCCC2)CC(C)O1. The van der Waals surface area contributed by atoms with Crippen LogP contribution in [0.2, 0.25) is 0 Å². The molecule has 2 fully saturated rings. The number of rotatable bonds is 3. The van der Waals surface area contributed by atoms with Crippen LogP contribution in [-0.2, 0) is 4.74 Å².